The van der Waals surface area contributed by atoms with Crippen LogP contribution in [0, 0.1) is 5.82 Å². The fourth-order valence-corrected chi connectivity index (χ4v) is 2.90. The molecule has 3 aromatic rings. The maximum absolute atomic E-state index is 13.7. The van der Waals surface area contributed by atoms with Crippen molar-refractivity contribution in [3.8, 4) is 0 Å². The van der Waals surface area contributed by atoms with Gasteiger partial charge in [-0.1, -0.05) is 30.3 Å². The van der Waals surface area contributed by atoms with Crippen LogP contribution in [0.4, 0.5) is 10.1 Å². The number of benzene rings is 2. The number of aromatic amines is 1. The zero-order valence-corrected chi connectivity index (χ0v) is 14.3. The minimum absolute atomic E-state index is 0.148. The van der Waals surface area contributed by atoms with E-state index in [-0.39, 0.29) is 5.56 Å². The second kappa shape index (κ2) is 7.82. The molecule has 0 aliphatic carbocycles. The average molecular weight is 354 g/mol. The quantitative estimate of drug-likeness (QED) is 0.525. The molecule has 0 unspecified atom stereocenters. The van der Waals surface area contributed by atoms with E-state index in [2.05, 4.69) is 10.3 Å². The second-order valence-electron chi connectivity index (χ2n) is 5.90. The largest absolute Gasteiger partial charge is 0.465 e. The predicted octanol–water partition coefficient (Wildman–Crippen LogP) is 3.50. The van der Waals surface area contributed by atoms with Gasteiger partial charge in [-0.2, -0.15) is 0 Å². The van der Waals surface area contributed by atoms with Crippen LogP contribution in [0.2, 0.25) is 0 Å². The third-order valence-electron chi connectivity index (χ3n) is 4.15. The Kier molecular flexibility index (Phi) is 5.31. The minimum Gasteiger partial charge on any atom is -0.465 e. The molecule has 0 atom stereocenters. The van der Waals surface area contributed by atoms with E-state index < -0.39 is 17.3 Å². The van der Waals surface area contributed by atoms with Crippen LogP contribution in [0.5, 0.6) is 0 Å². The molecule has 0 spiro atoms. The van der Waals surface area contributed by atoms with Crippen LogP contribution >= 0.6 is 0 Å². The lowest BCUT2D eigenvalue weighted by Crippen LogP contribution is -2.22. The summed E-state index contributed by atoms with van der Waals surface area (Å²) in [6.45, 7) is 0.522. The Morgan fingerprint density at radius 1 is 1.19 bits per heavy atom. The van der Waals surface area contributed by atoms with Crippen molar-refractivity contribution in [2.75, 3.05) is 19.0 Å². The van der Waals surface area contributed by atoms with Gasteiger partial charge in [-0.05, 0) is 36.6 Å². The first-order valence-electron chi connectivity index (χ1n) is 8.32. The number of nitrogens with one attached hydrogen (secondary N) is 2. The smallest absolute Gasteiger partial charge is 0.345 e. The lowest BCUT2D eigenvalue weighted by atomic mass is 10.1. The normalized spacial score (nSPS) is 10.7. The third-order valence-corrected chi connectivity index (χ3v) is 4.15. The summed E-state index contributed by atoms with van der Waals surface area (Å²) in [5.41, 5.74) is 1.23. The van der Waals surface area contributed by atoms with Crippen molar-refractivity contribution in [2.24, 2.45) is 0 Å². The van der Waals surface area contributed by atoms with Crippen molar-refractivity contribution >= 4 is 22.6 Å². The first-order chi connectivity index (χ1) is 12.6. The number of carbonyl (C=O) groups excluding carboxylic acids is 1. The lowest BCUT2D eigenvalue weighted by Gasteiger charge is -2.13. The number of methoxy groups -OCH3 is 1. The average Bonchev–Trinajstić information content (AvgIpc) is 2.65. The zero-order valence-electron chi connectivity index (χ0n) is 14.3. The molecule has 2 N–H and O–H groups in total. The summed E-state index contributed by atoms with van der Waals surface area (Å²) in [5, 5.41) is 3.56. The third kappa shape index (κ3) is 3.74. The number of fused-ring (bicyclic) bond motifs is 1. The summed E-state index contributed by atoms with van der Waals surface area (Å²) in [5.74, 6) is -1.21. The van der Waals surface area contributed by atoms with E-state index in [1.165, 1.54) is 30.9 Å². The molecule has 0 saturated carbocycles. The molecular weight excluding hydrogens is 335 g/mol. The Morgan fingerprint density at radius 3 is 2.69 bits per heavy atom. The number of esters is 1. The molecule has 0 saturated heterocycles. The number of carbonyl (C=O) groups is 1. The zero-order chi connectivity index (χ0) is 18.5. The Balaban J connectivity index is 1.90. The molecule has 0 bridgehead atoms. The van der Waals surface area contributed by atoms with Crippen molar-refractivity contribution in [1.82, 2.24) is 4.98 Å². The number of hydrogen-bond acceptors (Lipinski definition) is 4. The Hall–Kier alpha value is -3.15. The van der Waals surface area contributed by atoms with Crippen LogP contribution in [-0.2, 0) is 11.2 Å². The number of ether oxygens (including phenoxy) is 1. The Bertz CT molecular complexity index is 984. The number of pyridine rings is 1. The van der Waals surface area contributed by atoms with E-state index in [1.54, 1.807) is 0 Å². The monoisotopic (exact) mass is 354 g/mol. The number of hydrogen-bond donors (Lipinski definition) is 2. The highest BCUT2D eigenvalue weighted by Crippen LogP contribution is 2.25. The summed E-state index contributed by atoms with van der Waals surface area (Å²) in [4.78, 5) is 27.0. The van der Waals surface area contributed by atoms with Crippen LogP contribution < -0.4 is 10.9 Å². The number of aryl methyl sites for hydroxylation is 1. The predicted molar refractivity (Wildman–Crippen MR) is 99.1 cm³/mol. The van der Waals surface area contributed by atoms with Crippen LogP contribution in [0.3, 0.4) is 0 Å². The van der Waals surface area contributed by atoms with Crippen LogP contribution in [0.25, 0.3) is 10.9 Å². The molecule has 1 heterocycles. The summed E-state index contributed by atoms with van der Waals surface area (Å²) in [7, 11) is 1.21. The van der Waals surface area contributed by atoms with E-state index in [4.69, 9.17) is 4.74 Å². The maximum Gasteiger partial charge on any atom is 0.345 e. The standard InChI is InChI=1S/C20H19FN2O3/c1-26-20(25)17-18(22-11-5-8-13-6-3-2-4-7-13)15-12-14(21)9-10-16(15)23-19(17)24/h2-4,6-7,9-10,12H,5,8,11H2,1H3,(H2,22,23,24). The van der Waals surface area contributed by atoms with Gasteiger partial charge in [0.05, 0.1) is 18.3 Å². The van der Waals surface area contributed by atoms with Crippen LogP contribution in [0.1, 0.15) is 22.3 Å². The van der Waals surface area contributed by atoms with E-state index >= 15 is 0 Å². The molecular formula is C20H19FN2O3. The summed E-state index contributed by atoms with van der Waals surface area (Å²) >= 11 is 0. The Labute approximate surface area is 149 Å². The van der Waals surface area contributed by atoms with Crippen molar-refractivity contribution in [1.29, 1.82) is 0 Å². The highest BCUT2D eigenvalue weighted by atomic mass is 19.1. The molecule has 0 amide bonds. The molecule has 3 rings (SSSR count). The van der Waals surface area contributed by atoms with Gasteiger partial charge in [0.15, 0.2) is 0 Å². The van der Waals surface area contributed by atoms with Crippen molar-refractivity contribution in [2.45, 2.75) is 12.8 Å². The van der Waals surface area contributed by atoms with Crippen molar-refractivity contribution in [3.05, 3.63) is 75.8 Å². The summed E-state index contributed by atoms with van der Waals surface area (Å²) in [6.07, 6.45) is 1.63. The van der Waals surface area contributed by atoms with E-state index in [0.29, 0.717) is 23.1 Å². The molecule has 1 aromatic heterocycles. The van der Waals surface area contributed by atoms with E-state index in [0.717, 1.165) is 12.8 Å². The molecule has 5 nitrogen and oxygen atoms in total. The van der Waals surface area contributed by atoms with Gasteiger partial charge in [-0.15, -0.1) is 0 Å². The second-order valence-corrected chi connectivity index (χ2v) is 5.90. The number of aromatic nitrogens is 1. The van der Waals surface area contributed by atoms with Gasteiger partial charge < -0.3 is 15.0 Å². The van der Waals surface area contributed by atoms with E-state index in [1.807, 2.05) is 30.3 Å². The SMILES string of the molecule is COC(=O)c1c(NCCCc2ccccc2)c2cc(F)ccc2[nH]c1=O. The molecule has 0 fully saturated rings. The van der Waals surface area contributed by atoms with Crippen molar-refractivity contribution < 1.29 is 13.9 Å². The van der Waals surface area contributed by atoms with Gasteiger partial charge in [0.2, 0.25) is 0 Å². The van der Waals surface area contributed by atoms with Gasteiger partial charge in [-0.25, -0.2) is 9.18 Å². The number of rotatable bonds is 6. The molecule has 2 aromatic carbocycles. The lowest BCUT2D eigenvalue weighted by molar-refractivity contribution is 0.0600. The first kappa shape index (κ1) is 17.7. The molecule has 0 aliphatic rings. The number of H-pyrrole nitrogens is 1. The summed E-state index contributed by atoms with van der Waals surface area (Å²) < 4.78 is 18.4. The number of halogens is 1. The highest BCUT2D eigenvalue weighted by molar-refractivity contribution is 6.04. The molecule has 134 valence electrons. The molecule has 0 radical (unpaired) electrons. The fourth-order valence-electron chi connectivity index (χ4n) is 2.90. The van der Waals surface area contributed by atoms with Crippen molar-refractivity contribution in [3.63, 3.8) is 0 Å². The Morgan fingerprint density at radius 2 is 1.96 bits per heavy atom. The highest BCUT2D eigenvalue weighted by Gasteiger charge is 2.20. The van der Waals surface area contributed by atoms with Gasteiger partial charge in [-0.3, -0.25) is 4.79 Å². The molecule has 0 aliphatic heterocycles. The van der Waals surface area contributed by atoms with Gasteiger partial charge in [0, 0.05) is 11.9 Å². The van der Waals surface area contributed by atoms with Crippen LogP contribution in [-0.4, -0.2) is 24.6 Å². The number of anilines is 1. The van der Waals surface area contributed by atoms with Gasteiger partial charge in [0.25, 0.3) is 5.56 Å². The minimum atomic E-state index is -0.761. The fraction of sp³-hybridized carbons (Fsp3) is 0.200. The maximum atomic E-state index is 13.7. The van der Waals surface area contributed by atoms with Gasteiger partial charge >= 0.3 is 5.97 Å². The molecule has 6 heteroatoms. The first-order valence-corrected chi connectivity index (χ1v) is 8.32. The van der Waals surface area contributed by atoms with Crippen LogP contribution in [0.15, 0.2) is 53.3 Å². The summed E-state index contributed by atoms with van der Waals surface area (Å²) in [6, 6.07) is 14.0. The molecule has 26 heavy (non-hydrogen) atoms. The topological polar surface area (TPSA) is 71.2 Å². The van der Waals surface area contributed by atoms with E-state index in [9.17, 15) is 14.0 Å². The van der Waals surface area contributed by atoms with Gasteiger partial charge in [0.1, 0.15) is 11.4 Å².